The van der Waals surface area contributed by atoms with Gasteiger partial charge in [-0.3, -0.25) is 9.59 Å². The van der Waals surface area contributed by atoms with Crippen LogP contribution in [-0.4, -0.2) is 27.1 Å². The van der Waals surface area contributed by atoms with Crippen LogP contribution < -0.4 is 15.6 Å². The Labute approximate surface area is 208 Å². The molecule has 0 spiro atoms. The molecule has 2 aromatic heterocycles. The molecule has 7 nitrogen and oxygen atoms in total. The Hall–Kier alpha value is -3.91. The van der Waals surface area contributed by atoms with Gasteiger partial charge in [-0.05, 0) is 81.6 Å². The molecule has 4 rings (SSSR count). The van der Waals surface area contributed by atoms with Crippen molar-refractivity contribution in [2.24, 2.45) is 7.05 Å². The molecular formula is C28H30FN3O4. The van der Waals surface area contributed by atoms with Crippen LogP contribution >= 0.6 is 0 Å². The zero-order valence-electron chi connectivity index (χ0n) is 21.2. The number of aliphatic hydroxyl groups is 1. The van der Waals surface area contributed by atoms with Crippen LogP contribution in [-0.2, 0) is 12.6 Å². The number of pyridine rings is 1. The van der Waals surface area contributed by atoms with E-state index in [0.29, 0.717) is 56.8 Å². The van der Waals surface area contributed by atoms with E-state index < -0.39 is 5.60 Å². The highest BCUT2D eigenvalue weighted by atomic mass is 19.1. The van der Waals surface area contributed by atoms with Crippen molar-refractivity contribution >= 4 is 16.8 Å². The summed E-state index contributed by atoms with van der Waals surface area (Å²) < 4.78 is 21.7. The minimum atomic E-state index is -1.14. The topological polar surface area (TPSA) is 96.3 Å². The molecule has 0 bridgehead atoms. The summed E-state index contributed by atoms with van der Waals surface area (Å²) in [6, 6.07) is 9.66. The monoisotopic (exact) mass is 491 g/mol. The summed E-state index contributed by atoms with van der Waals surface area (Å²) in [5.74, 6) is 0.305. The first kappa shape index (κ1) is 25.2. The molecule has 0 radical (unpaired) electrons. The van der Waals surface area contributed by atoms with Crippen LogP contribution in [0.25, 0.3) is 22.0 Å². The summed E-state index contributed by atoms with van der Waals surface area (Å²) in [5.41, 5.74) is 2.46. The van der Waals surface area contributed by atoms with Crippen molar-refractivity contribution in [1.29, 1.82) is 0 Å². The molecule has 2 heterocycles. The van der Waals surface area contributed by atoms with Crippen LogP contribution in [0.4, 0.5) is 4.39 Å². The number of rotatable bonds is 6. The Bertz CT molecular complexity index is 1520. The van der Waals surface area contributed by atoms with Gasteiger partial charge < -0.3 is 24.7 Å². The summed E-state index contributed by atoms with van der Waals surface area (Å²) in [7, 11) is 1.64. The zero-order valence-corrected chi connectivity index (χ0v) is 21.2. The van der Waals surface area contributed by atoms with E-state index in [1.165, 1.54) is 16.7 Å². The van der Waals surface area contributed by atoms with E-state index in [9.17, 15) is 19.1 Å². The lowest BCUT2D eigenvalue weighted by Gasteiger charge is -2.22. The van der Waals surface area contributed by atoms with Crippen LogP contribution in [0.5, 0.6) is 11.5 Å². The third-order valence-corrected chi connectivity index (χ3v) is 6.16. The number of carbonyl (C=O) groups is 1. The quantitative estimate of drug-likeness (QED) is 0.351. The van der Waals surface area contributed by atoms with Gasteiger partial charge in [0.2, 0.25) is 0 Å². The fraction of sp³-hybridized carbons (Fsp3) is 0.286. The first-order chi connectivity index (χ1) is 16.9. The highest BCUT2D eigenvalue weighted by Gasteiger charge is 2.23. The van der Waals surface area contributed by atoms with E-state index in [2.05, 4.69) is 10.3 Å². The van der Waals surface area contributed by atoms with Gasteiger partial charge in [0.05, 0.1) is 16.5 Å². The molecule has 0 aliphatic carbocycles. The number of amides is 1. The molecular weight excluding hydrogens is 461 g/mol. The number of nitrogens with one attached hydrogen (secondary N) is 2. The number of hydrogen-bond donors (Lipinski definition) is 3. The normalized spacial score (nSPS) is 11.7. The fourth-order valence-electron chi connectivity index (χ4n) is 4.30. The molecule has 0 unspecified atom stereocenters. The number of nitrogens with zero attached hydrogens (tertiary/aromatic N) is 1. The molecule has 0 aliphatic rings. The van der Waals surface area contributed by atoms with Crippen molar-refractivity contribution in [1.82, 2.24) is 14.9 Å². The van der Waals surface area contributed by atoms with Crippen molar-refractivity contribution in [2.45, 2.75) is 40.2 Å². The molecule has 0 fully saturated rings. The summed E-state index contributed by atoms with van der Waals surface area (Å²) in [6.07, 6.45) is 1.67. The number of carbonyl (C=O) groups excluding carboxylic acids is 1. The predicted octanol–water partition coefficient (Wildman–Crippen LogP) is 5.06. The van der Waals surface area contributed by atoms with Gasteiger partial charge in [0.1, 0.15) is 23.0 Å². The second-order valence-corrected chi connectivity index (χ2v) is 9.53. The third-order valence-electron chi connectivity index (χ3n) is 6.16. The van der Waals surface area contributed by atoms with Crippen molar-refractivity contribution < 1.29 is 19.0 Å². The van der Waals surface area contributed by atoms with Crippen LogP contribution in [0, 0.1) is 19.7 Å². The van der Waals surface area contributed by atoms with E-state index in [0.717, 1.165) is 0 Å². The molecule has 1 amide bonds. The Kier molecular flexibility index (Phi) is 6.49. The number of fused-ring (bicyclic) bond motifs is 1. The lowest BCUT2D eigenvalue weighted by Crippen LogP contribution is -2.22. The lowest BCUT2D eigenvalue weighted by molar-refractivity contribution is 0.0786. The molecule has 0 saturated carbocycles. The van der Waals surface area contributed by atoms with Crippen molar-refractivity contribution in [3.8, 4) is 22.6 Å². The highest BCUT2D eigenvalue weighted by molar-refractivity contribution is 6.02. The first-order valence-electron chi connectivity index (χ1n) is 11.7. The molecule has 0 aliphatic heterocycles. The fourth-order valence-corrected chi connectivity index (χ4v) is 4.30. The van der Waals surface area contributed by atoms with E-state index in [-0.39, 0.29) is 23.0 Å². The molecule has 188 valence electrons. The molecule has 2 aromatic carbocycles. The maximum absolute atomic E-state index is 13.9. The van der Waals surface area contributed by atoms with E-state index in [1.807, 2.05) is 6.92 Å². The van der Waals surface area contributed by atoms with Crippen LogP contribution in [0.3, 0.4) is 0 Å². The molecule has 36 heavy (non-hydrogen) atoms. The molecule has 3 N–H and O–H groups in total. The summed E-state index contributed by atoms with van der Waals surface area (Å²) in [5, 5.41) is 13.8. The maximum atomic E-state index is 13.9. The number of benzene rings is 2. The Morgan fingerprint density at radius 1 is 1.14 bits per heavy atom. The Morgan fingerprint density at radius 3 is 2.42 bits per heavy atom. The molecule has 8 heteroatoms. The van der Waals surface area contributed by atoms with Gasteiger partial charge in [0, 0.05) is 30.9 Å². The molecule has 0 saturated heterocycles. The number of halogens is 1. The number of ether oxygens (including phenoxy) is 1. The minimum Gasteiger partial charge on any atom is -0.456 e. The average molecular weight is 492 g/mol. The van der Waals surface area contributed by atoms with Crippen molar-refractivity contribution in [3.63, 3.8) is 0 Å². The highest BCUT2D eigenvalue weighted by Crippen LogP contribution is 2.40. The number of H-pyrrole nitrogens is 1. The van der Waals surface area contributed by atoms with Crippen LogP contribution in [0.2, 0.25) is 0 Å². The standard InChI is InChI=1S/C28H30FN3O4/c1-7-30-26(33)22-13-20-24(31-22)21(14-32(6)27(20)34)19-12-17(28(4,5)35)8-9-23(19)36-25-15(2)10-18(29)11-16(25)3/h8-14,31,35H,7H2,1-6H3,(H,30,33). The summed E-state index contributed by atoms with van der Waals surface area (Å²) in [4.78, 5) is 28.6. The predicted molar refractivity (Wildman–Crippen MR) is 138 cm³/mol. The first-order valence-corrected chi connectivity index (χ1v) is 11.7. The van der Waals surface area contributed by atoms with E-state index in [4.69, 9.17) is 4.74 Å². The number of aromatic nitrogens is 2. The van der Waals surface area contributed by atoms with Gasteiger partial charge >= 0.3 is 0 Å². The van der Waals surface area contributed by atoms with Gasteiger partial charge in [0.15, 0.2) is 0 Å². The molecule has 4 aromatic rings. The van der Waals surface area contributed by atoms with Gasteiger partial charge in [-0.2, -0.15) is 0 Å². The molecule has 0 atom stereocenters. The maximum Gasteiger partial charge on any atom is 0.267 e. The van der Waals surface area contributed by atoms with Crippen LogP contribution in [0.1, 0.15) is 48.0 Å². The number of aryl methyl sites for hydroxylation is 3. The van der Waals surface area contributed by atoms with Crippen LogP contribution in [0.15, 0.2) is 47.4 Å². The van der Waals surface area contributed by atoms with Crippen molar-refractivity contribution in [2.75, 3.05) is 6.54 Å². The smallest absolute Gasteiger partial charge is 0.267 e. The zero-order chi connectivity index (χ0) is 26.4. The number of aromatic amines is 1. The van der Waals surface area contributed by atoms with Gasteiger partial charge in [-0.1, -0.05) is 6.07 Å². The largest absolute Gasteiger partial charge is 0.456 e. The average Bonchev–Trinajstić information content (AvgIpc) is 3.24. The number of hydrogen-bond acceptors (Lipinski definition) is 4. The Balaban J connectivity index is 2.00. The second-order valence-electron chi connectivity index (χ2n) is 9.53. The second kappa shape index (κ2) is 9.28. The van der Waals surface area contributed by atoms with Crippen molar-refractivity contribution in [3.05, 3.63) is 81.2 Å². The minimum absolute atomic E-state index is 0.258. The van der Waals surface area contributed by atoms with Gasteiger partial charge in [-0.15, -0.1) is 0 Å². The van der Waals surface area contributed by atoms with E-state index >= 15 is 0 Å². The Morgan fingerprint density at radius 2 is 1.81 bits per heavy atom. The third kappa shape index (κ3) is 4.64. The van der Waals surface area contributed by atoms with E-state index in [1.54, 1.807) is 65.2 Å². The van der Waals surface area contributed by atoms with Gasteiger partial charge in [0.25, 0.3) is 11.5 Å². The summed E-state index contributed by atoms with van der Waals surface area (Å²) >= 11 is 0. The SMILES string of the molecule is CCNC(=O)c1cc2c(=O)n(C)cc(-c3cc(C(C)(C)O)ccc3Oc3c(C)cc(F)cc3C)c2[nH]1. The lowest BCUT2D eigenvalue weighted by atomic mass is 9.93. The van der Waals surface area contributed by atoms with Gasteiger partial charge in [-0.25, -0.2) is 4.39 Å². The summed E-state index contributed by atoms with van der Waals surface area (Å²) in [6.45, 7) is 9.16.